The van der Waals surface area contributed by atoms with E-state index >= 15 is 0 Å². The van der Waals surface area contributed by atoms with Crippen LogP contribution in [0.5, 0.6) is 0 Å². The second kappa shape index (κ2) is 10.7. The average molecular weight is 370 g/mol. The quantitative estimate of drug-likeness (QED) is 0.793. The van der Waals surface area contributed by atoms with Gasteiger partial charge in [-0.3, -0.25) is 9.69 Å². The number of nitrogens with one attached hydrogen (secondary N) is 2. The Hall–Kier alpha value is -0.0700. The summed E-state index contributed by atoms with van der Waals surface area (Å²) in [6.45, 7) is 12.1. The number of nitrogens with zero attached hydrogens (tertiary/aromatic N) is 1. The normalized spacial score (nSPS) is 30.0. The lowest BCUT2D eigenvalue weighted by Crippen LogP contribution is -2.59. The smallest absolute Gasteiger partial charge is 0.237 e. The Morgan fingerprint density at radius 1 is 1.22 bits per heavy atom. The van der Waals surface area contributed by atoms with Crippen molar-refractivity contribution in [3.63, 3.8) is 0 Å². The van der Waals surface area contributed by atoms with Crippen LogP contribution in [0.2, 0.25) is 0 Å². The molecule has 4 unspecified atom stereocenters. The third-order valence-electron chi connectivity index (χ3n) is 4.38. The van der Waals surface area contributed by atoms with Crippen LogP contribution < -0.4 is 10.6 Å². The predicted molar refractivity (Wildman–Crippen MR) is 98.7 cm³/mol. The number of rotatable bonds is 4. The third-order valence-corrected chi connectivity index (χ3v) is 4.38. The molecule has 0 aromatic rings. The van der Waals surface area contributed by atoms with Crippen LogP contribution in [0.25, 0.3) is 0 Å². The van der Waals surface area contributed by atoms with Crippen molar-refractivity contribution in [1.82, 2.24) is 15.5 Å². The standard InChI is InChI=1S/C16H31N3O2.2ClH/c1-11(2)15(19-9-12(3)21-13(4)10-19)16(20)18-14-6-5-7-17-8-14;;/h11-15,17H,5-10H2,1-4H3,(H,18,20);2*1H. The van der Waals surface area contributed by atoms with E-state index in [0.717, 1.165) is 39.0 Å². The Labute approximate surface area is 153 Å². The van der Waals surface area contributed by atoms with Crippen molar-refractivity contribution in [3.8, 4) is 0 Å². The Morgan fingerprint density at radius 3 is 2.30 bits per heavy atom. The summed E-state index contributed by atoms with van der Waals surface area (Å²) in [6, 6.07) is 0.226. The zero-order valence-corrected chi connectivity index (χ0v) is 16.3. The van der Waals surface area contributed by atoms with Gasteiger partial charge in [0.15, 0.2) is 0 Å². The molecule has 138 valence electrons. The van der Waals surface area contributed by atoms with Crippen LogP contribution in [0.15, 0.2) is 0 Å². The van der Waals surface area contributed by atoms with Crippen molar-refractivity contribution >= 4 is 30.7 Å². The van der Waals surface area contributed by atoms with E-state index in [4.69, 9.17) is 4.74 Å². The molecular formula is C16H33Cl2N3O2. The van der Waals surface area contributed by atoms with Gasteiger partial charge in [0.2, 0.25) is 5.91 Å². The fourth-order valence-electron chi connectivity index (χ4n) is 3.60. The highest BCUT2D eigenvalue weighted by molar-refractivity contribution is 5.85. The predicted octanol–water partition coefficient (Wildman–Crippen LogP) is 1.83. The van der Waals surface area contributed by atoms with E-state index < -0.39 is 0 Å². The number of carbonyl (C=O) groups is 1. The topological polar surface area (TPSA) is 53.6 Å². The fourth-order valence-corrected chi connectivity index (χ4v) is 3.60. The van der Waals surface area contributed by atoms with E-state index in [2.05, 4.69) is 43.2 Å². The minimum absolute atomic E-state index is 0. The van der Waals surface area contributed by atoms with E-state index in [1.54, 1.807) is 0 Å². The molecule has 4 atom stereocenters. The molecule has 2 aliphatic rings. The minimum atomic E-state index is -0.0549. The zero-order chi connectivity index (χ0) is 15.4. The van der Waals surface area contributed by atoms with E-state index in [-0.39, 0.29) is 55.0 Å². The molecule has 2 rings (SSSR count). The maximum Gasteiger partial charge on any atom is 0.237 e. The second-order valence-corrected chi connectivity index (χ2v) is 6.95. The van der Waals surface area contributed by atoms with Crippen molar-refractivity contribution in [1.29, 1.82) is 0 Å². The van der Waals surface area contributed by atoms with Gasteiger partial charge in [-0.05, 0) is 39.2 Å². The van der Waals surface area contributed by atoms with Gasteiger partial charge in [0.1, 0.15) is 0 Å². The molecule has 0 aliphatic carbocycles. The molecule has 2 N–H and O–H groups in total. The molecule has 0 saturated carbocycles. The van der Waals surface area contributed by atoms with Crippen molar-refractivity contribution < 1.29 is 9.53 Å². The lowest BCUT2D eigenvalue weighted by atomic mass is 9.98. The molecule has 1 amide bonds. The lowest BCUT2D eigenvalue weighted by Gasteiger charge is -2.41. The zero-order valence-electron chi connectivity index (χ0n) is 14.7. The SMILES string of the molecule is CC1CN(C(C(=O)NC2CCCNC2)C(C)C)CC(C)O1.Cl.Cl. The first-order valence-electron chi connectivity index (χ1n) is 8.38. The first-order chi connectivity index (χ1) is 9.97. The van der Waals surface area contributed by atoms with E-state index in [9.17, 15) is 4.79 Å². The first-order valence-corrected chi connectivity index (χ1v) is 8.38. The van der Waals surface area contributed by atoms with E-state index in [0.29, 0.717) is 5.92 Å². The summed E-state index contributed by atoms with van der Waals surface area (Å²) in [4.78, 5) is 15.0. The van der Waals surface area contributed by atoms with Crippen LogP contribution >= 0.6 is 24.8 Å². The van der Waals surface area contributed by atoms with Gasteiger partial charge in [-0.25, -0.2) is 0 Å². The Bertz CT molecular complexity index is 342. The van der Waals surface area contributed by atoms with Gasteiger partial charge in [-0.15, -0.1) is 24.8 Å². The highest BCUT2D eigenvalue weighted by Crippen LogP contribution is 2.19. The second-order valence-electron chi connectivity index (χ2n) is 6.95. The van der Waals surface area contributed by atoms with Gasteiger partial charge in [0.25, 0.3) is 0 Å². The number of carbonyl (C=O) groups excluding carboxylic acids is 1. The van der Waals surface area contributed by atoms with Crippen LogP contribution in [-0.2, 0) is 9.53 Å². The Balaban J connectivity index is 0.00000242. The summed E-state index contributed by atoms with van der Waals surface area (Å²) in [5.74, 6) is 0.485. The number of morpholine rings is 1. The summed E-state index contributed by atoms with van der Waals surface area (Å²) in [5.41, 5.74) is 0. The summed E-state index contributed by atoms with van der Waals surface area (Å²) < 4.78 is 5.79. The molecule has 2 saturated heterocycles. The maximum atomic E-state index is 12.7. The van der Waals surface area contributed by atoms with Crippen LogP contribution in [0.1, 0.15) is 40.5 Å². The van der Waals surface area contributed by atoms with Crippen molar-refractivity contribution in [3.05, 3.63) is 0 Å². The number of hydrogen-bond donors (Lipinski definition) is 2. The first kappa shape index (κ1) is 22.9. The number of hydrogen-bond acceptors (Lipinski definition) is 4. The van der Waals surface area contributed by atoms with E-state index in [1.807, 2.05) is 0 Å². The number of amides is 1. The highest BCUT2D eigenvalue weighted by Gasteiger charge is 2.34. The molecule has 2 aliphatic heterocycles. The molecule has 0 radical (unpaired) electrons. The fraction of sp³-hybridized carbons (Fsp3) is 0.938. The Kier molecular flexibility index (Phi) is 10.7. The van der Waals surface area contributed by atoms with Crippen LogP contribution in [-0.4, -0.2) is 61.3 Å². The molecule has 5 nitrogen and oxygen atoms in total. The molecule has 0 bridgehead atoms. The lowest BCUT2D eigenvalue weighted by molar-refractivity contribution is -0.136. The van der Waals surface area contributed by atoms with Gasteiger partial charge in [-0.1, -0.05) is 13.8 Å². The minimum Gasteiger partial charge on any atom is -0.373 e. The van der Waals surface area contributed by atoms with Crippen molar-refractivity contribution in [2.75, 3.05) is 26.2 Å². The monoisotopic (exact) mass is 369 g/mol. The Morgan fingerprint density at radius 2 is 1.83 bits per heavy atom. The van der Waals surface area contributed by atoms with Gasteiger partial charge in [-0.2, -0.15) is 0 Å². The van der Waals surface area contributed by atoms with Gasteiger partial charge in [0.05, 0.1) is 18.2 Å². The van der Waals surface area contributed by atoms with Crippen molar-refractivity contribution in [2.45, 2.75) is 64.8 Å². The molecule has 0 spiro atoms. The summed E-state index contributed by atoms with van der Waals surface area (Å²) in [5, 5.41) is 6.60. The van der Waals surface area contributed by atoms with Crippen LogP contribution in [0.3, 0.4) is 0 Å². The number of halogens is 2. The molecular weight excluding hydrogens is 337 g/mol. The van der Waals surface area contributed by atoms with Crippen LogP contribution in [0.4, 0.5) is 0 Å². The molecule has 0 aromatic heterocycles. The van der Waals surface area contributed by atoms with Gasteiger partial charge in [0, 0.05) is 25.7 Å². The van der Waals surface area contributed by atoms with Crippen molar-refractivity contribution in [2.24, 2.45) is 5.92 Å². The average Bonchev–Trinajstić information content (AvgIpc) is 2.38. The van der Waals surface area contributed by atoms with Gasteiger partial charge >= 0.3 is 0 Å². The largest absolute Gasteiger partial charge is 0.373 e. The van der Waals surface area contributed by atoms with Crippen LogP contribution in [0, 0.1) is 5.92 Å². The summed E-state index contributed by atoms with van der Waals surface area (Å²) in [7, 11) is 0. The maximum absolute atomic E-state index is 12.7. The number of ether oxygens (including phenoxy) is 1. The highest BCUT2D eigenvalue weighted by atomic mass is 35.5. The summed E-state index contributed by atoms with van der Waals surface area (Å²) in [6.07, 6.45) is 2.61. The molecule has 2 heterocycles. The molecule has 23 heavy (non-hydrogen) atoms. The van der Waals surface area contributed by atoms with Gasteiger partial charge < -0.3 is 15.4 Å². The number of piperidine rings is 1. The third kappa shape index (κ3) is 6.75. The van der Waals surface area contributed by atoms with E-state index in [1.165, 1.54) is 0 Å². The summed E-state index contributed by atoms with van der Waals surface area (Å²) >= 11 is 0. The molecule has 0 aromatic carbocycles. The molecule has 7 heteroatoms. The molecule has 2 fully saturated rings.